The average Bonchev–Trinajstić information content (AvgIpc) is 2.34. The maximum Gasteiger partial charge on any atom is 0.411 e. The van der Waals surface area contributed by atoms with E-state index in [0.717, 1.165) is 17.0 Å². The van der Waals surface area contributed by atoms with Crippen molar-refractivity contribution >= 4 is 12.1 Å². The minimum Gasteiger partial charge on any atom is -0.479 e. The molecule has 0 aliphatic carbocycles. The molecule has 0 radical (unpaired) electrons. The van der Waals surface area contributed by atoms with Gasteiger partial charge in [0.1, 0.15) is 17.2 Å². The lowest BCUT2D eigenvalue weighted by Crippen LogP contribution is -2.42. The molecule has 7 heteroatoms. The number of carbonyl (C=O) groups excluding carboxylic acids is 1. The minimum absolute atomic E-state index is 0.0734. The molecule has 1 N–H and O–H groups in total. The Kier molecular flexibility index (Phi) is 6.06. The van der Waals surface area contributed by atoms with Crippen LogP contribution in [0.2, 0.25) is 0 Å². The maximum atomic E-state index is 13.4. The summed E-state index contributed by atoms with van der Waals surface area (Å²) < 4.78 is 32.0. The lowest BCUT2D eigenvalue weighted by Gasteiger charge is -2.31. The molecule has 0 aliphatic heterocycles. The van der Waals surface area contributed by atoms with Gasteiger partial charge in [0.05, 0.1) is 0 Å². The first-order valence-corrected chi connectivity index (χ1v) is 7.23. The van der Waals surface area contributed by atoms with E-state index >= 15 is 0 Å². The van der Waals surface area contributed by atoms with Crippen LogP contribution in [0, 0.1) is 11.6 Å². The highest BCUT2D eigenvalue weighted by atomic mass is 19.1. The Bertz CT molecular complexity index is 564. The minimum atomic E-state index is -1.53. The van der Waals surface area contributed by atoms with Crippen LogP contribution in [0.4, 0.5) is 13.6 Å². The van der Waals surface area contributed by atoms with Crippen molar-refractivity contribution in [2.45, 2.75) is 45.8 Å². The van der Waals surface area contributed by atoms with Crippen molar-refractivity contribution in [1.82, 2.24) is 4.90 Å². The molecule has 0 aliphatic rings. The fraction of sp³-hybridized carbons (Fsp3) is 0.500. The van der Waals surface area contributed by atoms with Gasteiger partial charge in [0, 0.05) is 12.6 Å². The van der Waals surface area contributed by atoms with Crippen molar-refractivity contribution in [2.75, 3.05) is 6.54 Å². The quantitative estimate of drug-likeness (QED) is 0.893. The number of ether oxygens (including phenoxy) is 1. The SMILES string of the molecule is CCCN(C(=O)OC(C)(C)C)C(C(=O)O)c1cc(F)cc(F)c1. The van der Waals surface area contributed by atoms with Crippen LogP contribution < -0.4 is 0 Å². The van der Waals surface area contributed by atoms with Crippen LogP contribution in [-0.2, 0) is 9.53 Å². The van der Waals surface area contributed by atoms with Crippen molar-refractivity contribution in [3.63, 3.8) is 0 Å². The van der Waals surface area contributed by atoms with Gasteiger partial charge in [0.25, 0.3) is 0 Å². The predicted octanol–water partition coefficient (Wildman–Crippen LogP) is 3.74. The number of benzene rings is 1. The first-order valence-electron chi connectivity index (χ1n) is 7.23. The molecule has 0 heterocycles. The normalized spacial score (nSPS) is 12.6. The highest BCUT2D eigenvalue weighted by Crippen LogP contribution is 2.25. The molecule has 5 nitrogen and oxygen atoms in total. The third-order valence-corrected chi connectivity index (χ3v) is 2.84. The lowest BCUT2D eigenvalue weighted by molar-refractivity contribution is -0.143. The molecule has 0 saturated carbocycles. The predicted molar refractivity (Wildman–Crippen MR) is 80.0 cm³/mol. The Morgan fingerprint density at radius 3 is 2.13 bits per heavy atom. The maximum absolute atomic E-state index is 13.4. The van der Waals surface area contributed by atoms with E-state index in [9.17, 15) is 23.5 Å². The van der Waals surface area contributed by atoms with Crippen LogP contribution in [0.1, 0.15) is 45.7 Å². The molecule has 1 atom stereocenters. The van der Waals surface area contributed by atoms with E-state index in [1.54, 1.807) is 27.7 Å². The molecule has 0 spiro atoms. The Labute approximate surface area is 133 Å². The molecular formula is C16H21F2NO4. The van der Waals surface area contributed by atoms with Gasteiger partial charge in [-0.2, -0.15) is 0 Å². The van der Waals surface area contributed by atoms with Crippen molar-refractivity contribution < 1.29 is 28.2 Å². The first-order chi connectivity index (χ1) is 10.5. The summed E-state index contributed by atoms with van der Waals surface area (Å²) in [6.07, 6.45) is -0.391. The van der Waals surface area contributed by atoms with E-state index in [1.807, 2.05) is 0 Å². The third kappa shape index (κ3) is 5.50. The summed E-state index contributed by atoms with van der Waals surface area (Å²) in [5.41, 5.74) is -0.978. The van der Waals surface area contributed by atoms with Gasteiger partial charge in [-0.1, -0.05) is 6.92 Å². The number of carboxylic acids is 1. The molecule has 0 aromatic heterocycles. The van der Waals surface area contributed by atoms with Crippen LogP contribution >= 0.6 is 0 Å². The average molecular weight is 329 g/mol. The first kappa shape index (κ1) is 18.9. The number of carboxylic acid groups (broad SMARTS) is 1. The number of rotatable bonds is 5. The van der Waals surface area contributed by atoms with Crippen molar-refractivity contribution in [1.29, 1.82) is 0 Å². The zero-order chi connectivity index (χ0) is 17.8. The molecule has 1 aromatic rings. The molecule has 0 saturated heterocycles. The van der Waals surface area contributed by atoms with E-state index in [-0.39, 0.29) is 12.1 Å². The van der Waals surface area contributed by atoms with Gasteiger partial charge in [-0.3, -0.25) is 4.90 Å². The smallest absolute Gasteiger partial charge is 0.411 e. The van der Waals surface area contributed by atoms with Crippen LogP contribution in [0.15, 0.2) is 18.2 Å². The number of carbonyl (C=O) groups is 2. The zero-order valence-electron chi connectivity index (χ0n) is 13.6. The van der Waals surface area contributed by atoms with Gasteiger partial charge in [0.2, 0.25) is 0 Å². The summed E-state index contributed by atoms with van der Waals surface area (Å²) in [5.74, 6) is -3.21. The number of hydrogen-bond donors (Lipinski definition) is 1. The van der Waals surface area contributed by atoms with Crippen molar-refractivity contribution in [3.8, 4) is 0 Å². The molecule has 1 amide bonds. The Hall–Kier alpha value is -2.18. The fourth-order valence-corrected chi connectivity index (χ4v) is 2.08. The van der Waals surface area contributed by atoms with Crippen LogP contribution in [0.25, 0.3) is 0 Å². The molecule has 1 unspecified atom stereocenters. The second kappa shape index (κ2) is 7.39. The van der Waals surface area contributed by atoms with Gasteiger partial charge >= 0.3 is 12.1 Å². The zero-order valence-corrected chi connectivity index (χ0v) is 13.6. The molecule has 23 heavy (non-hydrogen) atoms. The summed E-state index contributed by atoms with van der Waals surface area (Å²) in [6, 6.07) is 0.902. The second-order valence-electron chi connectivity index (χ2n) is 6.12. The van der Waals surface area contributed by atoms with Crippen LogP contribution in [0.3, 0.4) is 0 Å². The van der Waals surface area contributed by atoms with Gasteiger partial charge in [-0.15, -0.1) is 0 Å². The monoisotopic (exact) mass is 329 g/mol. The Morgan fingerprint density at radius 2 is 1.74 bits per heavy atom. The second-order valence-corrected chi connectivity index (χ2v) is 6.12. The highest BCUT2D eigenvalue weighted by molar-refractivity contribution is 5.81. The van der Waals surface area contributed by atoms with E-state index in [4.69, 9.17) is 4.74 Å². The molecule has 1 aromatic carbocycles. The van der Waals surface area contributed by atoms with Crippen LogP contribution in [-0.4, -0.2) is 34.2 Å². The summed E-state index contributed by atoms with van der Waals surface area (Å²) >= 11 is 0. The summed E-state index contributed by atoms with van der Waals surface area (Å²) in [5, 5.41) is 9.46. The largest absolute Gasteiger partial charge is 0.479 e. The Morgan fingerprint density at radius 1 is 1.22 bits per heavy atom. The van der Waals surface area contributed by atoms with E-state index in [0.29, 0.717) is 12.5 Å². The number of amides is 1. The summed E-state index contributed by atoms with van der Waals surface area (Å²) in [7, 11) is 0. The summed E-state index contributed by atoms with van der Waals surface area (Å²) in [4.78, 5) is 24.9. The number of halogens is 2. The number of aliphatic carboxylic acids is 1. The van der Waals surface area contributed by atoms with Crippen LogP contribution in [0.5, 0.6) is 0 Å². The lowest BCUT2D eigenvalue weighted by atomic mass is 10.0. The standard InChI is InChI=1S/C16H21F2NO4/c1-5-6-19(15(22)23-16(2,3)4)13(14(20)21)10-7-11(17)9-12(18)8-10/h7-9,13H,5-6H2,1-4H3,(H,20,21). The Balaban J connectivity index is 3.26. The number of hydrogen-bond acceptors (Lipinski definition) is 3. The van der Waals surface area contributed by atoms with E-state index in [2.05, 4.69) is 0 Å². The molecule has 128 valence electrons. The van der Waals surface area contributed by atoms with Crippen molar-refractivity contribution in [2.24, 2.45) is 0 Å². The van der Waals surface area contributed by atoms with E-state index in [1.165, 1.54) is 0 Å². The topological polar surface area (TPSA) is 66.8 Å². The molecule has 0 bridgehead atoms. The highest BCUT2D eigenvalue weighted by Gasteiger charge is 2.34. The molecule has 0 fully saturated rings. The molecular weight excluding hydrogens is 308 g/mol. The van der Waals surface area contributed by atoms with E-state index < -0.39 is 35.3 Å². The third-order valence-electron chi connectivity index (χ3n) is 2.84. The molecule has 1 rings (SSSR count). The summed E-state index contributed by atoms with van der Waals surface area (Å²) in [6.45, 7) is 6.76. The number of nitrogens with zero attached hydrogens (tertiary/aromatic N) is 1. The van der Waals surface area contributed by atoms with Gasteiger partial charge in [-0.05, 0) is 44.9 Å². The van der Waals surface area contributed by atoms with Gasteiger partial charge < -0.3 is 9.84 Å². The van der Waals surface area contributed by atoms with Gasteiger partial charge in [0.15, 0.2) is 6.04 Å². The van der Waals surface area contributed by atoms with Gasteiger partial charge in [-0.25, -0.2) is 18.4 Å². The fourth-order valence-electron chi connectivity index (χ4n) is 2.08. The van der Waals surface area contributed by atoms with Crippen molar-refractivity contribution in [3.05, 3.63) is 35.4 Å².